The Morgan fingerprint density at radius 2 is 1.93 bits per heavy atom. The van der Waals surface area contributed by atoms with E-state index in [4.69, 9.17) is 0 Å². The van der Waals surface area contributed by atoms with Crippen molar-refractivity contribution in [2.24, 2.45) is 5.92 Å². The van der Waals surface area contributed by atoms with Crippen molar-refractivity contribution in [1.29, 1.82) is 0 Å². The van der Waals surface area contributed by atoms with Crippen LogP contribution in [0.25, 0.3) is 0 Å². The number of nitrogens with zero attached hydrogens (tertiary/aromatic N) is 2. The average Bonchev–Trinajstić information content (AvgIpc) is 3.19. The van der Waals surface area contributed by atoms with Crippen molar-refractivity contribution in [1.82, 2.24) is 9.21 Å². The molecule has 7 heteroatoms. The van der Waals surface area contributed by atoms with Gasteiger partial charge in [-0.3, -0.25) is 4.79 Å². The van der Waals surface area contributed by atoms with E-state index in [1.165, 1.54) is 26.8 Å². The van der Waals surface area contributed by atoms with Gasteiger partial charge in [0, 0.05) is 25.0 Å². The zero-order valence-corrected chi connectivity index (χ0v) is 18.6. The van der Waals surface area contributed by atoms with Crippen LogP contribution in [0.15, 0.2) is 40.6 Å². The second-order valence-electron chi connectivity index (χ2n) is 8.12. The third kappa shape index (κ3) is 4.00. The summed E-state index contributed by atoms with van der Waals surface area (Å²) < 4.78 is 27.9. The summed E-state index contributed by atoms with van der Waals surface area (Å²) in [6.45, 7) is 2.67. The molecule has 2 aromatic rings. The first-order valence-corrected chi connectivity index (χ1v) is 12.5. The number of rotatable bonds is 4. The number of aryl methyl sites for hydroxylation is 2. The number of carbonyl (C=O) groups excluding carboxylic acids is 1. The van der Waals surface area contributed by atoms with Gasteiger partial charge in [-0.05, 0) is 62.3 Å². The van der Waals surface area contributed by atoms with E-state index in [0.717, 1.165) is 37.0 Å². The third-order valence-electron chi connectivity index (χ3n) is 6.20. The lowest BCUT2D eigenvalue weighted by atomic mass is 9.86. The molecule has 1 aliphatic carbocycles. The quantitative estimate of drug-likeness (QED) is 0.734. The molecule has 1 aromatic heterocycles. The normalized spacial score (nSPS) is 22.8. The fourth-order valence-corrected chi connectivity index (χ4v) is 7.57. The standard InChI is InChI=1S/C22H28N2O3S2/c1-16-12-13-21(28-16)29(26,27)24-14-6-9-18(15-24)22(25)23(2)20-11-5-8-17-7-3-4-10-19(17)20/h3-4,7,10,12-13,18,20H,5-6,8-9,11,14-15H2,1-2H3/t18-,20+/m1/s1. The molecular formula is C22H28N2O3S2. The molecule has 1 fully saturated rings. The van der Waals surface area contributed by atoms with E-state index in [-0.39, 0.29) is 24.4 Å². The first-order valence-electron chi connectivity index (χ1n) is 10.3. The van der Waals surface area contributed by atoms with Gasteiger partial charge in [0.15, 0.2) is 0 Å². The molecule has 0 saturated carbocycles. The maximum absolute atomic E-state index is 13.3. The molecule has 5 nitrogen and oxygen atoms in total. The summed E-state index contributed by atoms with van der Waals surface area (Å²) in [7, 11) is -1.65. The number of hydrogen-bond donors (Lipinski definition) is 0. The van der Waals surface area contributed by atoms with Crippen molar-refractivity contribution in [3.8, 4) is 0 Å². The van der Waals surface area contributed by atoms with E-state index in [0.29, 0.717) is 10.8 Å². The Labute approximate surface area is 177 Å². The molecular weight excluding hydrogens is 404 g/mol. The molecule has 1 saturated heterocycles. The molecule has 0 unspecified atom stereocenters. The van der Waals surface area contributed by atoms with Crippen LogP contribution in [-0.4, -0.2) is 43.7 Å². The molecule has 156 valence electrons. The summed E-state index contributed by atoms with van der Waals surface area (Å²) in [6.07, 6.45) is 4.55. The molecule has 4 rings (SSSR count). The highest BCUT2D eigenvalue weighted by molar-refractivity contribution is 7.91. The Kier molecular flexibility index (Phi) is 5.82. The van der Waals surface area contributed by atoms with Gasteiger partial charge >= 0.3 is 0 Å². The van der Waals surface area contributed by atoms with Gasteiger partial charge in [-0.2, -0.15) is 4.31 Å². The van der Waals surface area contributed by atoms with Gasteiger partial charge in [0.25, 0.3) is 10.0 Å². The highest BCUT2D eigenvalue weighted by Crippen LogP contribution is 2.35. The van der Waals surface area contributed by atoms with E-state index in [2.05, 4.69) is 18.2 Å². The molecule has 29 heavy (non-hydrogen) atoms. The molecule has 0 N–H and O–H groups in total. The van der Waals surface area contributed by atoms with Crippen molar-refractivity contribution in [2.75, 3.05) is 20.1 Å². The number of hydrogen-bond acceptors (Lipinski definition) is 4. The summed E-state index contributed by atoms with van der Waals surface area (Å²) >= 11 is 1.29. The summed E-state index contributed by atoms with van der Waals surface area (Å²) in [5.74, 6) is -0.215. The average molecular weight is 433 g/mol. The molecule has 2 atom stereocenters. The van der Waals surface area contributed by atoms with Crippen molar-refractivity contribution in [3.05, 3.63) is 52.4 Å². The number of carbonyl (C=O) groups is 1. The molecule has 1 amide bonds. The first kappa shape index (κ1) is 20.6. The number of amides is 1. The van der Waals surface area contributed by atoms with Gasteiger partial charge in [0.05, 0.1) is 12.0 Å². The summed E-state index contributed by atoms with van der Waals surface area (Å²) in [6, 6.07) is 12.0. The maximum Gasteiger partial charge on any atom is 0.252 e. The van der Waals surface area contributed by atoms with E-state index in [1.807, 2.05) is 31.0 Å². The highest BCUT2D eigenvalue weighted by Gasteiger charge is 2.37. The van der Waals surface area contributed by atoms with Crippen molar-refractivity contribution in [3.63, 3.8) is 0 Å². The number of benzene rings is 1. The maximum atomic E-state index is 13.3. The minimum absolute atomic E-state index is 0.0639. The van der Waals surface area contributed by atoms with Gasteiger partial charge in [-0.25, -0.2) is 8.42 Å². The Balaban J connectivity index is 1.51. The highest BCUT2D eigenvalue weighted by atomic mass is 32.2. The lowest BCUT2D eigenvalue weighted by Gasteiger charge is -2.38. The number of thiophene rings is 1. The predicted octanol–water partition coefficient (Wildman–Crippen LogP) is 3.99. The fraction of sp³-hybridized carbons (Fsp3) is 0.500. The smallest absolute Gasteiger partial charge is 0.252 e. The Morgan fingerprint density at radius 1 is 1.14 bits per heavy atom. The number of fused-ring (bicyclic) bond motifs is 1. The Morgan fingerprint density at radius 3 is 2.69 bits per heavy atom. The van der Waals surface area contributed by atoms with Gasteiger partial charge in [0.2, 0.25) is 5.91 Å². The number of sulfonamides is 1. The minimum Gasteiger partial charge on any atom is -0.338 e. The van der Waals surface area contributed by atoms with Crippen molar-refractivity contribution >= 4 is 27.3 Å². The molecule has 2 aliphatic rings. The molecule has 0 spiro atoms. The van der Waals surface area contributed by atoms with E-state index in [9.17, 15) is 13.2 Å². The van der Waals surface area contributed by atoms with Gasteiger partial charge < -0.3 is 4.90 Å². The largest absolute Gasteiger partial charge is 0.338 e. The lowest BCUT2D eigenvalue weighted by Crippen LogP contribution is -2.46. The summed E-state index contributed by atoms with van der Waals surface area (Å²) in [4.78, 5) is 16.2. The first-order chi connectivity index (χ1) is 13.9. The third-order valence-corrected chi connectivity index (χ3v) is 9.53. The zero-order valence-electron chi connectivity index (χ0n) is 17.0. The van der Waals surface area contributed by atoms with Crippen molar-refractivity contribution in [2.45, 2.75) is 49.3 Å². The summed E-state index contributed by atoms with van der Waals surface area (Å²) in [5.41, 5.74) is 2.56. The summed E-state index contributed by atoms with van der Waals surface area (Å²) in [5, 5.41) is 0. The molecule has 1 aromatic carbocycles. The van der Waals surface area contributed by atoms with Crippen molar-refractivity contribution < 1.29 is 13.2 Å². The van der Waals surface area contributed by atoms with Crippen LogP contribution in [0.3, 0.4) is 0 Å². The zero-order chi connectivity index (χ0) is 20.6. The Hall–Kier alpha value is -1.70. The van der Waals surface area contributed by atoms with Crippen LogP contribution >= 0.6 is 11.3 Å². The lowest BCUT2D eigenvalue weighted by molar-refractivity contribution is -0.138. The predicted molar refractivity (Wildman–Crippen MR) is 115 cm³/mol. The molecule has 2 heterocycles. The van der Waals surface area contributed by atoms with E-state index >= 15 is 0 Å². The second kappa shape index (κ2) is 8.20. The van der Waals surface area contributed by atoms with Crippen LogP contribution in [0.2, 0.25) is 0 Å². The fourth-order valence-electron chi connectivity index (χ4n) is 4.61. The van der Waals surface area contributed by atoms with Gasteiger partial charge in [0.1, 0.15) is 4.21 Å². The Bertz CT molecular complexity index is 999. The van der Waals surface area contributed by atoms with Crippen LogP contribution in [0.1, 0.15) is 47.7 Å². The molecule has 1 aliphatic heterocycles. The second-order valence-corrected chi connectivity index (χ2v) is 11.6. The molecule has 0 bridgehead atoms. The minimum atomic E-state index is -3.53. The van der Waals surface area contributed by atoms with Crippen LogP contribution in [-0.2, 0) is 21.2 Å². The van der Waals surface area contributed by atoms with Gasteiger partial charge in [-0.1, -0.05) is 24.3 Å². The van der Waals surface area contributed by atoms with Crippen LogP contribution in [0.4, 0.5) is 0 Å². The monoisotopic (exact) mass is 432 g/mol. The molecule has 0 radical (unpaired) electrons. The van der Waals surface area contributed by atoms with E-state index in [1.54, 1.807) is 6.07 Å². The number of piperidine rings is 1. The topological polar surface area (TPSA) is 57.7 Å². The van der Waals surface area contributed by atoms with Gasteiger partial charge in [-0.15, -0.1) is 11.3 Å². The SMILES string of the molecule is Cc1ccc(S(=O)(=O)N2CCC[C@@H](C(=O)N(C)[C@H]3CCCc4ccccc43)C2)s1. The van der Waals surface area contributed by atoms with E-state index < -0.39 is 10.0 Å². The van der Waals surface area contributed by atoms with Crippen LogP contribution in [0, 0.1) is 12.8 Å². The van der Waals surface area contributed by atoms with Crippen LogP contribution in [0.5, 0.6) is 0 Å². The van der Waals surface area contributed by atoms with Crippen LogP contribution < -0.4 is 0 Å².